The first-order valence-electron chi connectivity index (χ1n) is 2.81. The number of aromatic nitrogens is 3. The number of aromatic amines is 1. The van der Waals surface area contributed by atoms with Crippen molar-refractivity contribution in [2.45, 2.75) is 0 Å². The van der Waals surface area contributed by atoms with E-state index in [1.807, 2.05) is 6.07 Å². The van der Waals surface area contributed by atoms with Crippen LogP contribution in [0.3, 0.4) is 0 Å². The molecule has 0 fully saturated rings. The zero-order chi connectivity index (χ0) is 6.97. The molecule has 0 amide bonds. The fourth-order valence-corrected chi connectivity index (χ4v) is 1.04. The molecule has 1 radical (unpaired) electrons. The molecule has 3 nitrogen and oxygen atoms in total. The molecule has 1 N–H and O–H groups in total. The molecule has 0 aliphatic carbocycles. The van der Waals surface area contributed by atoms with Crippen LogP contribution in [0.25, 0.3) is 11.0 Å². The van der Waals surface area contributed by atoms with Crippen LogP contribution in [0.15, 0.2) is 18.6 Å². The van der Waals surface area contributed by atoms with Crippen molar-refractivity contribution in [3.8, 4) is 0 Å². The van der Waals surface area contributed by atoms with Crippen molar-refractivity contribution in [2.75, 3.05) is 0 Å². The topological polar surface area (TPSA) is 41.6 Å². The van der Waals surface area contributed by atoms with Crippen LogP contribution < -0.4 is 0 Å². The van der Waals surface area contributed by atoms with Crippen molar-refractivity contribution >= 4 is 35.0 Å². The Balaban J connectivity index is 0.000000605. The minimum absolute atomic E-state index is 0. The first kappa shape index (κ1) is 8.30. The van der Waals surface area contributed by atoms with Gasteiger partial charge in [0.05, 0.1) is 5.39 Å². The van der Waals surface area contributed by atoms with Crippen molar-refractivity contribution in [3.05, 3.63) is 23.7 Å². The second-order valence-corrected chi connectivity index (χ2v) is 2.26. The van der Waals surface area contributed by atoms with Crippen LogP contribution in [-0.2, 0) is 0 Å². The SMILES string of the molecule is Clc1ncnc2[nH]ccc12.[Cl]. The second-order valence-electron chi connectivity index (χ2n) is 1.90. The van der Waals surface area contributed by atoms with E-state index >= 15 is 0 Å². The summed E-state index contributed by atoms with van der Waals surface area (Å²) in [5.41, 5.74) is 0.778. The minimum atomic E-state index is 0. The first-order chi connectivity index (χ1) is 4.88. The average Bonchev–Trinajstić information content (AvgIpc) is 2.36. The monoisotopic (exact) mass is 188 g/mol. The molecule has 57 valence electrons. The van der Waals surface area contributed by atoms with Gasteiger partial charge in [0.2, 0.25) is 0 Å². The van der Waals surface area contributed by atoms with Gasteiger partial charge in [-0.1, -0.05) is 11.6 Å². The van der Waals surface area contributed by atoms with Crippen molar-refractivity contribution in [2.24, 2.45) is 0 Å². The standard InChI is InChI=1S/C6H4ClN3.Cl/c7-5-4-1-2-8-6(4)10-3-9-5;/h1-3H,(H,8,9,10);. The number of nitrogens with one attached hydrogen (secondary N) is 1. The Morgan fingerprint density at radius 3 is 2.91 bits per heavy atom. The largest absolute Gasteiger partial charge is 0.346 e. The summed E-state index contributed by atoms with van der Waals surface area (Å²) < 4.78 is 0. The van der Waals surface area contributed by atoms with Gasteiger partial charge in [0.1, 0.15) is 17.1 Å². The molecule has 0 aliphatic heterocycles. The van der Waals surface area contributed by atoms with E-state index in [1.54, 1.807) is 6.20 Å². The molecule has 0 spiro atoms. The molecule has 0 saturated heterocycles. The molecule has 0 bridgehead atoms. The third kappa shape index (κ3) is 1.29. The van der Waals surface area contributed by atoms with Gasteiger partial charge in [0.15, 0.2) is 0 Å². The lowest BCUT2D eigenvalue weighted by Crippen LogP contribution is -1.79. The maximum Gasteiger partial charge on any atom is 0.142 e. The Kier molecular flexibility index (Phi) is 2.31. The predicted octanol–water partition coefficient (Wildman–Crippen LogP) is 2.30. The van der Waals surface area contributed by atoms with Gasteiger partial charge in [0, 0.05) is 18.6 Å². The first-order valence-corrected chi connectivity index (χ1v) is 3.19. The van der Waals surface area contributed by atoms with Gasteiger partial charge in [-0.15, -0.1) is 0 Å². The molecule has 0 aromatic carbocycles. The van der Waals surface area contributed by atoms with Gasteiger partial charge >= 0.3 is 0 Å². The van der Waals surface area contributed by atoms with Crippen LogP contribution in [0, 0.1) is 0 Å². The molecule has 2 aromatic rings. The van der Waals surface area contributed by atoms with Crippen molar-refractivity contribution < 1.29 is 0 Å². The Labute approximate surface area is 74.2 Å². The number of rotatable bonds is 0. The van der Waals surface area contributed by atoms with E-state index < -0.39 is 0 Å². The van der Waals surface area contributed by atoms with E-state index in [9.17, 15) is 0 Å². The highest BCUT2D eigenvalue weighted by atomic mass is 35.5. The smallest absolute Gasteiger partial charge is 0.142 e. The van der Waals surface area contributed by atoms with Gasteiger partial charge < -0.3 is 4.98 Å². The molecule has 2 rings (SSSR count). The van der Waals surface area contributed by atoms with E-state index in [2.05, 4.69) is 15.0 Å². The van der Waals surface area contributed by atoms with E-state index in [0.29, 0.717) is 5.15 Å². The predicted molar refractivity (Wildman–Crippen MR) is 44.8 cm³/mol. The third-order valence-electron chi connectivity index (χ3n) is 1.31. The van der Waals surface area contributed by atoms with Gasteiger partial charge in [-0.05, 0) is 6.07 Å². The molecule has 5 heteroatoms. The molecule has 0 aliphatic rings. The normalized spacial score (nSPS) is 9.55. The fourth-order valence-electron chi connectivity index (χ4n) is 0.841. The Bertz CT molecular complexity index is 357. The maximum atomic E-state index is 5.73. The lowest BCUT2D eigenvalue weighted by molar-refractivity contribution is 1.20. The zero-order valence-corrected chi connectivity index (χ0v) is 6.89. The number of halogens is 2. The van der Waals surface area contributed by atoms with Crippen LogP contribution in [-0.4, -0.2) is 15.0 Å². The summed E-state index contributed by atoms with van der Waals surface area (Å²) in [7, 11) is 0. The van der Waals surface area contributed by atoms with Crippen molar-refractivity contribution in [1.82, 2.24) is 15.0 Å². The molecule has 2 aromatic heterocycles. The summed E-state index contributed by atoms with van der Waals surface area (Å²) in [5, 5.41) is 1.36. The van der Waals surface area contributed by atoms with E-state index in [4.69, 9.17) is 11.6 Å². The quantitative estimate of drug-likeness (QED) is 0.646. The van der Waals surface area contributed by atoms with Crippen LogP contribution in [0.4, 0.5) is 0 Å². The van der Waals surface area contributed by atoms with Gasteiger partial charge in [-0.3, -0.25) is 0 Å². The van der Waals surface area contributed by atoms with Crippen LogP contribution in [0.5, 0.6) is 0 Å². The molecule has 11 heavy (non-hydrogen) atoms. The number of fused-ring (bicyclic) bond motifs is 1. The average molecular weight is 189 g/mol. The molecular formula is C6H4Cl2N3. The molecule has 0 atom stereocenters. The summed E-state index contributed by atoms with van der Waals surface area (Å²) in [6, 6.07) is 1.84. The number of hydrogen-bond acceptors (Lipinski definition) is 2. The third-order valence-corrected chi connectivity index (χ3v) is 1.61. The van der Waals surface area contributed by atoms with E-state index in [0.717, 1.165) is 11.0 Å². The van der Waals surface area contributed by atoms with E-state index in [1.165, 1.54) is 6.33 Å². The summed E-state index contributed by atoms with van der Waals surface area (Å²) in [6.07, 6.45) is 3.21. The highest BCUT2D eigenvalue weighted by molar-refractivity contribution is 6.33. The zero-order valence-electron chi connectivity index (χ0n) is 5.38. The number of hydrogen-bond donors (Lipinski definition) is 1. The van der Waals surface area contributed by atoms with Gasteiger partial charge in [0.25, 0.3) is 0 Å². The molecule has 0 unspecified atom stereocenters. The molecular weight excluding hydrogens is 185 g/mol. The summed E-state index contributed by atoms with van der Waals surface area (Å²) in [4.78, 5) is 10.7. The Hall–Kier alpha value is -0.800. The molecule has 2 heterocycles. The highest BCUT2D eigenvalue weighted by Gasteiger charge is 1.98. The van der Waals surface area contributed by atoms with Crippen molar-refractivity contribution in [3.63, 3.8) is 0 Å². The lowest BCUT2D eigenvalue weighted by Gasteiger charge is -1.88. The number of H-pyrrole nitrogens is 1. The van der Waals surface area contributed by atoms with Gasteiger partial charge in [-0.2, -0.15) is 0 Å². The second kappa shape index (κ2) is 3.07. The maximum absolute atomic E-state index is 5.73. The number of nitrogens with zero attached hydrogens (tertiary/aromatic N) is 2. The van der Waals surface area contributed by atoms with Crippen LogP contribution in [0.2, 0.25) is 5.15 Å². The lowest BCUT2D eigenvalue weighted by atomic mass is 10.4. The molecule has 0 saturated carbocycles. The Morgan fingerprint density at radius 2 is 2.18 bits per heavy atom. The van der Waals surface area contributed by atoms with Crippen LogP contribution in [0.1, 0.15) is 0 Å². The van der Waals surface area contributed by atoms with Gasteiger partial charge in [-0.25, -0.2) is 9.97 Å². The minimum Gasteiger partial charge on any atom is -0.346 e. The Morgan fingerprint density at radius 1 is 1.36 bits per heavy atom. The summed E-state index contributed by atoms with van der Waals surface area (Å²) in [5.74, 6) is 0. The van der Waals surface area contributed by atoms with E-state index in [-0.39, 0.29) is 12.4 Å². The van der Waals surface area contributed by atoms with Crippen molar-refractivity contribution in [1.29, 1.82) is 0 Å². The van der Waals surface area contributed by atoms with Crippen LogP contribution >= 0.6 is 24.0 Å². The summed E-state index contributed by atoms with van der Waals surface area (Å²) in [6.45, 7) is 0. The fraction of sp³-hybridized carbons (Fsp3) is 0. The highest BCUT2D eigenvalue weighted by Crippen LogP contribution is 2.16. The summed E-state index contributed by atoms with van der Waals surface area (Å²) >= 11 is 5.73.